The standard InChI is InChI=1S/C12H13N5S/c1-7-5-10(11-14-3-4-17(7)11)15-12-9(6-13)8(2)16-18-12/h3-4,7,10,15H,5H2,1-2H3. The van der Waals surface area contributed by atoms with Crippen LogP contribution in [0.15, 0.2) is 12.4 Å². The molecule has 0 fully saturated rings. The summed E-state index contributed by atoms with van der Waals surface area (Å²) in [5.74, 6) is 1.04. The molecule has 0 saturated heterocycles. The van der Waals surface area contributed by atoms with E-state index >= 15 is 0 Å². The second kappa shape index (κ2) is 4.10. The second-order valence-corrected chi connectivity index (χ2v) is 5.33. The van der Waals surface area contributed by atoms with Crippen LogP contribution in [0.2, 0.25) is 0 Å². The third-order valence-electron chi connectivity index (χ3n) is 3.34. The summed E-state index contributed by atoms with van der Waals surface area (Å²) < 4.78 is 6.40. The third kappa shape index (κ3) is 1.59. The van der Waals surface area contributed by atoms with Gasteiger partial charge in [-0.25, -0.2) is 4.98 Å². The molecule has 92 valence electrons. The Bertz CT molecular complexity index is 621. The zero-order valence-electron chi connectivity index (χ0n) is 10.2. The van der Waals surface area contributed by atoms with Crippen molar-refractivity contribution in [1.29, 1.82) is 5.26 Å². The molecule has 3 heterocycles. The lowest BCUT2D eigenvalue weighted by Gasteiger charge is -2.11. The molecule has 1 N–H and O–H groups in total. The van der Waals surface area contributed by atoms with Gasteiger partial charge in [-0.15, -0.1) is 0 Å². The number of hydrogen-bond acceptors (Lipinski definition) is 5. The number of imidazole rings is 1. The summed E-state index contributed by atoms with van der Waals surface area (Å²) in [5, 5.41) is 13.4. The van der Waals surface area contributed by atoms with Crippen molar-refractivity contribution in [3.63, 3.8) is 0 Å². The Morgan fingerprint density at radius 3 is 3.22 bits per heavy atom. The highest BCUT2D eigenvalue weighted by molar-refractivity contribution is 7.10. The van der Waals surface area contributed by atoms with Crippen molar-refractivity contribution in [1.82, 2.24) is 13.9 Å². The van der Waals surface area contributed by atoms with Crippen LogP contribution in [0.25, 0.3) is 0 Å². The van der Waals surface area contributed by atoms with Gasteiger partial charge in [-0.05, 0) is 31.8 Å². The molecular weight excluding hydrogens is 246 g/mol. The zero-order chi connectivity index (χ0) is 12.7. The van der Waals surface area contributed by atoms with Crippen LogP contribution >= 0.6 is 11.5 Å². The van der Waals surface area contributed by atoms with Gasteiger partial charge in [-0.1, -0.05) is 0 Å². The number of anilines is 1. The lowest BCUT2D eigenvalue weighted by molar-refractivity contribution is 0.563. The molecule has 1 aliphatic heterocycles. The van der Waals surface area contributed by atoms with Crippen molar-refractivity contribution in [3.05, 3.63) is 29.5 Å². The van der Waals surface area contributed by atoms with E-state index in [1.165, 1.54) is 11.5 Å². The van der Waals surface area contributed by atoms with Crippen molar-refractivity contribution in [2.75, 3.05) is 5.32 Å². The smallest absolute Gasteiger partial charge is 0.131 e. The minimum atomic E-state index is 0.168. The maximum atomic E-state index is 9.13. The summed E-state index contributed by atoms with van der Waals surface area (Å²) in [4.78, 5) is 4.39. The van der Waals surface area contributed by atoms with E-state index in [1.54, 1.807) is 0 Å². The second-order valence-electron chi connectivity index (χ2n) is 4.56. The quantitative estimate of drug-likeness (QED) is 0.900. The number of aromatic nitrogens is 3. The molecule has 2 unspecified atom stereocenters. The third-order valence-corrected chi connectivity index (χ3v) is 4.21. The highest BCUT2D eigenvalue weighted by Gasteiger charge is 2.29. The van der Waals surface area contributed by atoms with E-state index in [4.69, 9.17) is 5.26 Å². The first-order valence-corrected chi connectivity index (χ1v) is 6.63. The first-order valence-electron chi connectivity index (χ1n) is 5.86. The summed E-state index contributed by atoms with van der Waals surface area (Å²) in [6.07, 6.45) is 4.82. The predicted molar refractivity (Wildman–Crippen MR) is 69.5 cm³/mol. The SMILES string of the molecule is Cc1nsc(NC2CC(C)n3ccnc32)c1C#N. The van der Waals surface area contributed by atoms with Gasteiger partial charge < -0.3 is 9.88 Å². The molecule has 2 atom stereocenters. The number of nitriles is 1. The van der Waals surface area contributed by atoms with Crippen molar-refractivity contribution < 1.29 is 0 Å². The predicted octanol–water partition coefficient (Wildman–Crippen LogP) is 2.64. The van der Waals surface area contributed by atoms with Crippen LogP contribution in [0.3, 0.4) is 0 Å². The van der Waals surface area contributed by atoms with Crippen LogP contribution in [0.5, 0.6) is 0 Å². The van der Waals surface area contributed by atoms with Gasteiger partial charge in [0.05, 0.1) is 11.7 Å². The van der Waals surface area contributed by atoms with E-state index in [0.717, 1.165) is 22.9 Å². The zero-order valence-corrected chi connectivity index (χ0v) is 11.0. The molecule has 2 aromatic rings. The number of nitrogens with zero attached hydrogens (tertiary/aromatic N) is 4. The van der Waals surface area contributed by atoms with Gasteiger partial charge >= 0.3 is 0 Å². The Balaban J connectivity index is 1.89. The molecule has 0 amide bonds. The molecule has 0 radical (unpaired) electrons. The number of fused-ring (bicyclic) bond motifs is 1. The van der Waals surface area contributed by atoms with Gasteiger partial charge in [-0.2, -0.15) is 9.64 Å². The average molecular weight is 259 g/mol. The monoisotopic (exact) mass is 259 g/mol. The average Bonchev–Trinajstić information content (AvgIpc) is 3.00. The molecule has 0 bridgehead atoms. The van der Waals surface area contributed by atoms with E-state index in [1.807, 2.05) is 19.3 Å². The number of hydrogen-bond donors (Lipinski definition) is 1. The fourth-order valence-electron chi connectivity index (χ4n) is 2.41. The first-order chi connectivity index (χ1) is 8.70. The van der Waals surface area contributed by atoms with Gasteiger partial charge in [-0.3, -0.25) is 0 Å². The topological polar surface area (TPSA) is 66.5 Å². The molecule has 3 rings (SSSR count). The maximum absolute atomic E-state index is 9.13. The van der Waals surface area contributed by atoms with Crippen LogP contribution < -0.4 is 5.32 Å². The summed E-state index contributed by atoms with van der Waals surface area (Å²) in [6, 6.07) is 2.82. The summed E-state index contributed by atoms with van der Waals surface area (Å²) in [5.41, 5.74) is 1.44. The van der Waals surface area contributed by atoms with Crippen molar-refractivity contribution >= 4 is 16.5 Å². The Morgan fingerprint density at radius 2 is 2.44 bits per heavy atom. The maximum Gasteiger partial charge on any atom is 0.131 e. The lowest BCUT2D eigenvalue weighted by Crippen LogP contribution is -2.08. The van der Waals surface area contributed by atoms with E-state index in [9.17, 15) is 0 Å². The van der Waals surface area contributed by atoms with E-state index in [-0.39, 0.29) is 6.04 Å². The Hall–Kier alpha value is -1.87. The largest absolute Gasteiger partial charge is 0.365 e. The highest BCUT2D eigenvalue weighted by Crippen LogP contribution is 2.37. The number of aryl methyl sites for hydroxylation is 1. The van der Waals surface area contributed by atoms with Crippen LogP contribution in [-0.2, 0) is 0 Å². The molecule has 18 heavy (non-hydrogen) atoms. The van der Waals surface area contributed by atoms with Gasteiger partial charge in [0.15, 0.2) is 0 Å². The minimum Gasteiger partial charge on any atom is -0.365 e. The molecule has 0 saturated carbocycles. The van der Waals surface area contributed by atoms with Gasteiger partial charge in [0, 0.05) is 18.4 Å². The van der Waals surface area contributed by atoms with E-state index in [0.29, 0.717) is 11.6 Å². The molecule has 0 aromatic carbocycles. The summed E-state index contributed by atoms with van der Waals surface area (Å²) in [6.45, 7) is 4.04. The molecule has 6 heteroatoms. The fraction of sp³-hybridized carbons (Fsp3) is 0.417. The van der Waals surface area contributed by atoms with Gasteiger partial charge in [0.2, 0.25) is 0 Å². The lowest BCUT2D eigenvalue weighted by atomic mass is 10.1. The van der Waals surface area contributed by atoms with Crippen LogP contribution in [0.4, 0.5) is 5.00 Å². The van der Waals surface area contributed by atoms with E-state index in [2.05, 4.69) is 32.2 Å². The molecule has 0 spiro atoms. The van der Waals surface area contributed by atoms with Crippen LogP contribution in [-0.4, -0.2) is 13.9 Å². The van der Waals surface area contributed by atoms with Crippen LogP contribution in [0.1, 0.15) is 42.5 Å². The molecule has 1 aliphatic rings. The van der Waals surface area contributed by atoms with Gasteiger partial charge in [0.1, 0.15) is 22.5 Å². The highest BCUT2D eigenvalue weighted by atomic mass is 32.1. The van der Waals surface area contributed by atoms with Crippen molar-refractivity contribution in [2.24, 2.45) is 0 Å². The van der Waals surface area contributed by atoms with Gasteiger partial charge in [0.25, 0.3) is 0 Å². The van der Waals surface area contributed by atoms with E-state index < -0.39 is 0 Å². The fourth-order valence-corrected chi connectivity index (χ4v) is 3.21. The molecular formula is C12H13N5S. The summed E-state index contributed by atoms with van der Waals surface area (Å²) in [7, 11) is 0. The van der Waals surface area contributed by atoms with Crippen molar-refractivity contribution in [3.8, 4) is 6.07 Å². The minimum absolute atomic E-state index is 0.168. The van der Waals surface area contributed by atoms with Crippen LogP contribution in [0, 0.1) is 18.3 Å². The normalized spacial score (nSPS) is 21.6. The Labute approximate surface area is 109 Å². The summed E-state index contributed by atoms with van der Waals surface area (Å²) >= 11 is 1.35. The first kappa shape index (κ1) is 11.2. The Morgan fingerprint density at radius 1 is 1.61 bits per heavy atom. The number of nitrogens with one attached hydrogen (secondary N) is 1. The Kier molecular flexibility index (Phi) is 2.56. The molecule has 0 aliphatic carbocycles. The molecule has 5 nitrogen and oxygen atoms in total. The van der Waals surface area contributed by atoms with Crippen molar-refractivity contribution in [2.45, 2.75) is 32.4 Å². The molecule has 2 aromatic heterocycles. The number of rotatable bonds is 2.